The monoisotopic (exact) mass is 306 g/mol. The number of hydrogen-bond donors (Lipinski definition) is 2. The molecule has 0 atom stereocenters. The van der Waals surface area contributed by atoms with Crippen LogP contribution in [0.5, 0.6) is 0 Å². The van der Waals surface area contributed by atoms with Crippen LogP contribution in [-0.4, -0.2) is 29.3 Å². The van der Waals surface area contributed by atoms with E-state index >= 15 is 0 Å². The van der Waals surface area contributed by atoms with Gasteiger partial charge in [0, 0.05) is 24.4 Å². The number of rotatable bonds is 4. The lowest BCUT2D eigenvalue weighted by Gasteiger charge is -2.30. The summed E-state index contributed by atoms with van der Waals surface area (Å²) in [6.45, 7) is 3.53. The van der Waals surface area contributed by atoms with Crippen LogP contribution in [-0.2, 0) is 19.2 Å². The van der Waals surface area contributed by atoms with Crippen molar-refractivity contribution in [3.63, 3.8) is 0 Å². The van der Waals surface area contributed by atoms with E-state index in [9.17, 15) is 0 Å². The van der Waals surface area contributed by atoms with E-state index in [0.717, 1.165) is 11.7 Å². The lowest BCUT2D eigenvalue weighted by atomic mass is 10.0. The summed E-state index contributed by atoms with van der Waals surface area (Å²) in [6.07, 6.45) is 2.35. The first-order valence-electron chi connectivity index (χ1n) is 6.94. The molecule has 0 spiro atoms. The molecule has 1 aliphatic rings. The van der Waals surface area contributed by atoms with Crippen LogP contribution in [0.2, 0.25) is 0 Å². The number of hydrogen-bond acceptors (Lipinski definition) is 5. The first-order chi connectivity index (χ1) is 9.79. The number of nitrogens with one attached hydrogen (secondary N) is 2. The summed E-state index contributed by atoms with van der Waals surface area (Å²) in [4.78, 5) is 1.66. The van der Waals surface area contributed by atoms with Gasteiger partial charge in [-0.2, -0.15) is 5.10 Å². The van der Waals surface area contributed by atoms with Crippen LogP contribution >= 0.6 is 11.3 Å². The second kappa shape index (κ2) is 6.47. The van der Waals surface area contributed by atoms with Gasteiger partial charge in [0.15, 0.2) is 0 Å². The normalized spacial score (nSPS) is 22.6. The molecular formula is C14H18N4S2. The van der Waals surface area contributed by atoms with Crippen LogP contribution in [0, 0.1) is 0 Å². The second-order valence-corrected chi connectivity index (χ2v) is 6.83. The minimum Gasteiger partial charge on any atom is -0.406 e. The lowest BCUT2D eigenvalue weighted by molar-refractivity contribution is -0.918. The van der Waals surface area contributed by atoms with Gasteiger partial charge in [0.1, 0.15) is 11.7 Å². The van der Waals surface area contributed by atoms with Gasteiger partial charge in [0.25, 0.3) is 0 Å². The van der Waals surface area contributed by atoms with Crippen molar-refractivity contribution in [1.82, 2.24) is 10.2 Å². The molecule has 2 heterocycles. The smallest absolute Gasteiger partial charge is 0.110 e. The summed E-state index contributed by atoms with van der Waals surface area (Å²) >= 11 is 6.45. The van der Waals surface area contributed by atoms with Crippen molar-refractivity contribution in [3.8, 4) is 0 Å². The molecule has 0 saturated carbocycles. The van der Waals surface area contributed by atoms with E-state index in [1.807, 2.05) is 0 Å². The zero-order valence-electron chi connectivity index (χ0n) is 11.2. The third-order valence-electron chi connectivity index (χ3n) is 3.72. The van der Waals surface area contributed by atoms with Crippen molar-refractivity contribution in [1.29, 1.82) is 0 Å². The number of nitrogens with zero attached hydrogens (tertiary/aromatic N) is 2. The molecule has 0 bridgehead atoms. The fourth-order valence-electron chi connectivity index (χ4n) is 2.67. The minimum absolute atomic E-state index is 0.511. The van der Waals surface area contributed by atoms with Crippen molar-refractivity contribution < 1.29 is 4.90 Å². The van der Waals surface area contributed by atoms with Crippen molar-refractivity contribution in [2.24, 2.45) is 0 Å². The highest BCUT2D eigenvalue weighted by molar-refractivity contribution is 7.62. The summed E-state index contributed by atoms with van der Waals surface area (Å²) in [6, 6.07) is 11.2. The Labute approximate surface area is 128 Å². The zero-order valence-corrected chi connectivity index (χ0v) is 12.8. The van der Waals surface area contributed by atoms with Gasteiger partial charge in [0.2, 0.25) is 0 Å². The van der Waals surface area contributed by atoms with Gasteiger partial charge in [-0.25, -0.2) is 0 Å². The average molecular weight is 306 g/mol. The molecule has 0 radical (unpaired) electrons. The Bertz CT molecular complexity index is 535. The van der Waals surface area contributed by atoms with Crippen LogP contribution in [0.15, 0.2) is 34.7 Å². The molecule has 20 heavy (non-hydrogen) atoms. The van der Waals surface area contributed by atoms with E-state index in [4.69, 9.17) is 12.6 Å². The highest BCUT2D eigenvalue weighted by Crippen LogP contribution is 2.17. The molecule has 1 aliphatic heterocycles. The molecule has 1 saturated heterocycles. The van der Waals surface area contributed by atoms with Crippen molar-refractivity contribution in [2.45, 2.75) is 29.8 Å². The maximum atomic E-state index is 4.99. The van der Waals surface area contributed by atoms with Crippen LogP contribution in [0.3, 0.4) is 0 Å². The molecule has 3 rings (SSSR count). The molecule has 4 nitrogen and oxygen atoms in total. The van der Waals surface area contributed by atoms with E-state index < -0.39 is 0 Å². The van der Waals surface area contributed by atoms with Gasteiger partial charge in [-0.05, 0) is 4.34 Å². The molecular weight excluding hydrogens is 288 g/mol. The quantitative estimate of drug-likeness (QED) is 0.830. The third kappa shape index (κ3) is 3.65. The van der Waals surface area contributed by atoms with Gasteiger partial charge >= 0.3 is 0 Å². The number of benzene rings is 1. The van der Waals surface area contributed by atoms with Gasteiger partial charge < -0.3 is 34.2 Å². The maximum Gasteiger partial charge on any atom is 0.110 e. The number of aromatic nitrogens is 2. The molecule has 106 valence electrons. The lowest BCUT2D eigenvalue weighted by Crippen LogP contribution is -3.12. The first-order valence-corrected chi connectivity index (χ1v) is 8.16. The standard InChI is InChI=1S/C14H18N4S2/c19-14-17-16-13(20-14)15-12-6-8-18(9-7-12)10-11-4-2-1-3-5-11/h1-5,12H,6-10H2,(H,15,16)(H,17,19). The number of quaternary nitrogens is 1. The van der Waals surface area contributed by atoms with Gasteiger partial charge in [0.05, 0.1) is 13.1 Å². The molecule has 1 aromatic carbocycles. The molecule has 1 aromatic heterocycles. The van der Waals surface area contributed by atoms with Crippen LogP contribution in [0.1, 0.15) is 18.4 Å². The molecule has 2 aromatic rings. The van der Waals surface area contributed by atoms with Gasteiger partial charge in [-0.3, -0.25) is 0 Å². The van der Waals surface area contributed by atoms with Crippen LogP contribution in [0.4, 0.5) is 5.13 Å². The number of anilines is 1. The summed E-state index contributed by atoms with van der Waals surface area (Å²) in [5, 5.41) is 12.2. The predicted octanol–water partition coefficient (Wildman–Crippen LogP) is 1.10. The zero-order chi connectivity index (χ0) is 13.8. The van der Waals surface area contributed by atoms with E-state index in [2.05, 4.69) is 45.8 Å². The Morgan fingerprint density at radius 3 is 2.60 bits per heavy atom. The number of piperidine rings is 1. The molecule has 0 aliphatic carbocycles. The van der Waals surface area contributed by atoms with Crippen molar-refractivity contribution in [3.05, 3.63) is 35.9 Å². The number of likely N-dealkylation sites (tertiary alicyclic amines) is 1. The topological polar surface area (TPSA) is 42.2 Å². The van der Waals surface area contributed by atoms with E-state index in [-0.39, 0.29) is 0 Å². The Morgan fingerprint density at radius 2 is 1.95 bits per heavy atom. The summed E-state index contributed by atoms with van der Waals surface area (Å²) in [5.41, 5.74) is 1.42. The fraction of sp³-hybridized carbons (Fsp3) is 0.429. The van der Waals surface area contributed by atoms with Crippen molar-refractivity contribution >= 4 is 29.1 Å². The molecule has 0 amide bonds. The third-order valence-corrected chi connectivity index (χ3v) is 4.70. The maximum absolute atomic E-state index is 4.99. The second-order valence-electron chi connectivity index (χ2n) is 5.20. The predicted molar refractivity (Wildman–Crippen MR) is 83.0 cm³/mol. The average Bonchev–Trinajstić information content (AvgIpc) is 2.88. The Balaban J connectivity index is 1.47. The Morgan fingerprint density at radius 1 is 1.20 bits per heavy atom. The van der Waals surface area contributed by atoms with Crippen molar-refractivity contribution in [2.75, 3.05) is 18.4 Å². The van der Waals surface area contributed by atoms with E-state index in [1.165, 1.54) is 42.8 Å². The van der Waals surface area contributed by atoms with Crippen LogP contribution < -0.4 is 10.2 Å². The highest BCUT2D eigenvalue weighted by atomic mass is 32.2. The highest BCUT2D eigenvalue weighted by Gasteiger charge is 2.22. The van der Waals surface area contributed by atoms with Gasteiger partial charge in [-0.1, -0.05) is 30.3 Å². The molecule has 2 N–H and O–H groups in total. The molecule has 0 unspecified atom stereocenters. The summed E-state index contributed by atoms with van der Waals surface area (Å²) in [5.74, 6) is 0. The Kier molecular flexibility index (Phi) is 4.44. The van der Waals surface area contributed by atoms with E-state index in [0.29, 0.717) is 10.4 Å². The fourth-order valence-corrected chi connectivity index (χ4v) is 3.51. The van der Waals surface area contributed by atoms with E-state index in [1.54, 1.807) is 4.90 Å². The first kappa shape index (κ1) is 13.7. The minimum atomic E-state index is 0.511. The summed E-state index contributed by atoms with van der Waals surface area (Å²) in [7, 11) is 0. The molecule has 1 fully saturated rings. The SMILES string of the molecule is [S-]c1nnc(NC2CC[NH+](Cc3ccccc3)CC2)s1. The van der Waals surface area contributed by atoms with Crippen LogP contribution in [0.25, 0.3) is 0 Å². The van der Waals surface area contributed by atoms with Gasteiger partial charge in [-0.15, -0.1) is 5.10 Å². The molecule has 6 heteroatoms. The largest absolute Gasteiger partial charge is 0.406 e. The Hall–Kier alpha value is -1.24. The summed E-state index contributed by atoms with van der Waals surface area (Å²) < 4.78 is 0.611.